The Hall–Kier alpha value is -2.92. The zero-order valence-corrected chi connectivity index (χ0v) is 13.0. The van der Waals surface area contributed by atoms with Gasteiger partial charge in [-0.2, -0.15) is 0 Å². The van der Waals surface area contributed by atoms with Crippen LogP contribution in [0.3, 0.4) is 0 Å². The molecule has 0 aliphatic carbocycles. The van der Waals surface area contributed by atoms with Crippen molar-refractivity contribution in [3.05, 3.63) is 82.3 Å². The Kier molecular flexibility index (Phi) is 4.72. The number of carbonyl (C=O) groups is 1. The molecule has 1 aromatic heterocycles. The molecule has 0 fully saturated rings. The molecule has 1 unspecified atom stereocenters. The Bertz CT molecular complexity index is 903. The quantitative estimate of drug-likeness (QED) is 0.674. The normalized spacial score (nSPS) is 12.0. The van der Waals surface area contributed by atoms with Crippen LogP contribution in [0, 0.1) is 0 Å². The summed E-state index contributed by atoms with van der Waals surface area (Å²) in [4.78, 5) is 26.8. The second-order valence-electron chi connectivity index (χ2n) is 5.57. The smallest absolute Gasteiger partial charge is 0.267 e. The van der Waals surface area contributed by atoms with Crippen LogP contribution in [0.1, 0.15) is 28.6 Å². The fourth-order valence-electron chi connectivity index (χ4n) is 2.59. The van der Waals surface area contributed by atoms with E-state index < -0.39 is 6.10 Å². The molecule has 0 aliphatic rings. The zero-order valence-electron chi connectivity index (χ0n) is 13.0. The number of aliphatic hydroxyl groups excluding tert-OH is 1. The lowest BCUT2D eigenvalue weighted by molar-refractivity contribution is 0.0937. The largest absolute Gasteiger partial charge is 0.388 e. The molecule has 5 nitrogen and oxygen atoms in total. The molecule has 24 heavy (non-hydrogen) atoms. The summed E-state index contributed by atoms with van der Waals surface area (Å²) in [6.45, 7) is 0.309. The van der Waals surface area contributed by atoms with Crippen LogP contribution >= 0.6 is 0 Å². The van der Waals surface area contributed by atoms with E-state index in [4.69, 9.17) is 0 Å². The summed E-state index contributed by atoms with van der Waals surface area (Å²) >= 11 is 0. The van der Waals surface area contributed by atoms with Gasteiger partial charge in [0.05, 0.1) is 6.10 Å². The van der Waals surface area contributed by atoms with Crippen molar-refractivity contribution >= 4 is 16.7 Å². The van der Waals surface area contributed by atoms with E-state index in [1.54, 1.807) is 24.3 Å². The van der Waals surface area contributed by atoms with Crippen LogP contribution < -0.4 is 10.9 Å². The third-order valence-corrected chi connectivity index (χ3v) is 3.89. The molecule has 0 saturated heterocycles. The van der Waals surface area contributed by atoms with Gasteiger partial charge in [-0.05, 0) is 29.5 Å². The van der Waals surface area contributed by atoms with Gasteiger partial charge in [-0.1, -0.05) is 48.5 Å². The molecule has 1 atom stereocenters. The number of fused-ring (bicyclic) bond motifs is 1. The number of hydrogen-bond acceptors (Lipinski definition) is 3. The highest BCUT2D eigenvalue weighted by Gasteiger charge is 2.11. The SMILES string of the molecule is O=C(NCCC(O)c1ccccc1)c1cc2ccccc2c(=O)[nH]1. The highest BCUT2D eigenvalue weighted by Crippen LogP contribution is 2.15. The van der Waals surface area contributed by atoms with E-state index in [0.717, 1.165) is 10.9 Å². The Morgan fingerprint density at radius 1 is 1.08 bits per heavy atom. The molecular formula is C19H18N2O3. The Balaban J connectivity index is 1.64. The highest BCUT2D eigenvalue weighted by atomic mass is 16.3. The molecule has 3 rings (SSSR count). The Morgan fingerprint density at radius 3 is 2.58 bits per heavy atom. The van der Waals surface area contributed by atoms with Crippen molar-refractivity contribution in [2.75, 3.05) is 6.54 Å². The van der Waals surface area contributed by atoms with Crippen LogP contribution in [0.2, 0.25) is 0 Å². The second-order valence-corrected chi connectivity index (χ2v) is 5.57. The monoisotopic (exact) mass is 322 g/mol. The average Bonchev–Trinajstić information content (AvgIpc) is 2.62. The van der Waals surface area contributed by atoms with Gasteiger partial charge in [0.1, 0.15) is 5.69 Å². The molecule has 0 saturated carbocycles. The fraction of sp³-hybridized carbons (Fsp3) is 0.158. The molecule has 3 aromatic rings. The molecule has 1 amide bonds. The summed E-state index contributed by atoms with van der Waals surface area (Å²) in [6.07, 6.45) is -0.241. The number of amides is 1. The Labute approximate surface area is 139 Å². The minimum Gasteiger partial charge on any atom is -0.388 e. The lowest BCUT2D eigenvalue weighted by Crippen LogP contribution is -2.28. The number of aromatic amines is 1. The van der Waals surface area contributed by atoms with Crippen molar-refractivity contribution < 1.29 is 9.90 Å². The minimum absolute atomic E-state index is 0.216. The number of aromatic nitrogens is 1. The zero-order chi connectivity index (χ0) is 16.9. The first-order valence-corrected chi connectivity index (χ1v) is 7.78. The number of benzene rings is 2. The number of hydrogen-bond donors (Lipinski definition) is 3. The number of pyridine rings is 1. The molecule has 1 heterocycles. The molecule has 122 valence electrons. The number of H-pyrrole nitrogens is 1. The third-order valence-electron chi connectivity index (χ3n) is 3.89. The molecule has 0 radical (unpaired) electrons. The van der Waals surface area contributed by atoms with Crippen molar-refractivity contribution in [2.24, 2.45) is 0 Å². The van der Waals surface area contributed by atoms with E-state index in [0.29, 0.717) is 18.4 Å². The Morgan fingerprint density at radius 2 is 1.79 bits per heavy atom. The minimum atomic E-state index is -0.637. The number of rotatable bonds is 5. The first-order chi connectivity index (χ1) is 11.6. The van der Waals surface area contributed by atoms with Gasteiger partial charge in [-0.25, -0.2) is 0 Å². The van der Waals surface area contributed by atoms with Crippen molar-refractivity contribution in [1.29, 1.82) is 0 Å². The first kappa shape index (κ1) is 16.0. The van der Waals surface area contributed by atoms with Crippen molar-refractivity contribution in [1.82, 2.24) is 10.3 Å². The third kappa shape index (κ3) is 3.52. The van der Waals surface area contributed by atoms with Gasteiger partial charge >= 0.3 is 0 Å². The van der Waals surface area contributed by atoms with E-state index >= 15 is 0 Å². The molecule has 5 heteroatoms. The predicted molar refractivity (Wildman–Crippen MR) is 92.9 cm³/mol. The predicted octanol–water partition coefficient (Wildman–Crippen LogP) is 2.38. The van der Waals surface area contributed by atoms with E-state index in [1.807, 2.05) is 36.4 Å². The van der Waals surface area contributed by atoms with Crippen molar-refractivity contribution in [3.63, 3.8) is 0 Å². The van der Waals surface area contributed by atoms with E-state index in [1.165, 1.54) is 0 Å². The van der Waals surface area contributed by atoms with Crippen LogP contribution in [0.4, 0.5) is 0 Å². The average molecular weight is 322 g/mol. The molecule has 0 aliphatic heterocycles. The van der Waals surface area contributed by atoms with Gasteiger partial charge in [-0.3, -0.25) is 9.59 Å². The summed E-state index contributed by atoms with van der Waals surface area (Å²) in [6, 6.07) is 18.0. The number of aliphatic hydroxyl groups is 1. The van der Waals surface area contributed by atoms with Crippen LogP contribution in [0.15, 0.2) is 65.5 Å². The topological polar surface area (TPSA) is 82.2 Å². The lowest BCUT2D eigenvalue weighted by atomic mass is 10.1. The summed E-state index contributed by atoms with van der Waals surface area (Å²) < 4.78 is 0. The van der Waals surface area contributed by atoms with E-state index in [9.17, 15) is 14.7 Å². The maximum absolute atomic E-state index is 12.2. The summed E-state index contributed by atoms with van der Waals surface area (Å²) in [5.74, 6) is -0.363. The van der Waals surface area contributed by atoms with Crippen LogP contribution in [0.5, 0.6) is 0 Å². The first-order valence-electron chi connectivity index (χ1n) is 7.78. The maximum atomic E-state index is 12.2. The number of carbonyl (C=O) groups excluding carboxylic acids is 1. The van der Waals surface area contributed by atoms with Gasteiger partial charge in [0, 0.05) is 11.9 Å². The van der Waals surface area contributed by atoms with Gasteiger partial charge in [0.15, 0.2) is 0 Å². The van der Waals surface area contributed by atoms with Gasteiger partial charge in [0.2, 0.25) is 0 Å². The van der Waals surface area contributed by atoms with E-state index in [2.05, 4.69) is 10.3 Å². The second kappa shape index (κ2) is 7.10. The summed E-state index contributed by atoms with van der Waals surface area (Å²) in [7, 11) is 0. The standard InChI is InChI=1S/C19H18N2O3/c22-17(13-6-2-1-3-7-13)10-11-20-19(24)16-12-14-8-4-5-9-15(14)18(23)21-16/h1-9,12,17,22H,10-11H2,(H,20,24)(H,21,23). The summed E-state index contributed by atoms with van der Waals surface area (Å²) in [5.41, 5.74) is 0.737. The molecular weight excluding hydrogens is 304 g/mol. The number of nitrogens with one attached hydrogen (secondary N) is 2. The highest BCUT2D eigenvalue weighted by molar-refractivity contribution is 5.96. The van der Waals surface area contributed by atoms with Crippen molar-refractivity contribution in [3.8, 4) is 0 Å². The van der Waals surface area contributed by atoms with Gasteiger partial charge in [0.25, 0.3) is 11.5 Å². The molecule has 3 N–H and O–H groups in total. The van der Waals surface area contributed by atoms with Gasteiger partial charge < -0.3 is 15.4 Å². The van der Waals surface area contributed by atoms with Crippen LogP contribution in [-0.2, 0) is 0 Å². The van der Waals surface area contributed by atoms with E-state index in [-0.39, 0.29) is 17.2 Å². The van der Waals surface area contributed by atoms with Gasteiger partial charge in [-0.15, -0.1) is 0 Å². The fourth-order valence-corrected chi connectivity index (χ4v) is 2.59. The van der Waals surface area contributed by atoms with Crippen molar-refractivity contribution in [2.45, 2.75) is 12.5 Å². The maximum Gasteiger partial charge on any atom is 0.267 e. The lowest BCUT2D eigenvalue weighted by Gasteiger charge is -2.11. The molecule has 0 spiro atoms. The molecule has 2 aromatic carbocycles. The van der Waals surface area contributed by atoms with Crippen LogP contribution in [-0.4, -0.2) is 22.5 Å². The molecule has 0 bridgehead atoms. The summed E-state index contributed by atoms with van der Waals surface area (Å²) in [5, 5.41) is 14.1. The van der Waals surface area contributed by atoms with Crippen LogP contribution in [0.25, 0.3) is 10.8 Å².